The fourth-order valence-electron chi connectivity index (χ4n) is 1.21. The molecule has 0 amide bonds. The van der Waals surface area contributed by atoms with Gasteiger partial charge in [-0.3, -0.25) is 0 Å². The highest BCUT2D eigenvalue weighted by Gasteiger charge is 2.11. The normalized spacial score (nSPS) is 13.4. The van der Waals surface area contributed by atoms with Gasteiger partial charge in [0.2, 0.25) is 0 Å². The molecular formula is C8H10N4O. The SMILES string of the molecule is NC(CO)c1cnn2cccnc12. The maximum atomic E-state index is 8.88. The number of aliphatic hydroxyl groups is 1. The van der Waals surface area contributed by atoms with Crippen LogP contribution in [0.25, 0.3) is 5.65 Å². The molecule has 0 aromatic carbocycles. The number of hydrogen-bond acceptors (Lipinski definition) is 4. The molecule has 13 heavy (non-hydrogen) atoms. The summed E-state index contributed by atoms with van der Waals surface area (Å²) in [5, 5.41) is 12.9. The molecule has 1 unspecified atom stereocenters. The Labute approximate surface area is 74.8 Å². The monoisotopic (exact) mass is 178 g/mol. The maximum absolute atomic E-state index is 8.88. The summed E-state index contributed by atoms with van der Waals surface area (Å²) in [4.78, 5) is 4.12. The molecule has 2 aromatic heterocycles. The number of aliphatic hydroxyl groups excluding tert-OH is 1. The molecule has 0 fully saturated rings. The van der Waals surface area contributed by atoms with E-state index in [1.807, 2.05) is 0 Å². The van der Waals surface area contributed by atoms with Gasteiger partial charge in [0.15, 0.2) is 5.65 Å². The van der Waals surface area contributed by atoms with Crippen molar-refractivity contribution in [2.24, 2.45) is 5.73 Å². The van der Waals surface area contributed by atoms with Gasteiger partial charge in [0.25, 0.3) is 0 Å². The van der Waals surface area contributed by atoms with Crippen LogP contribution in [0, 0.1) is 0 Å². The first-order valence-electron chi connectivity index (χ1n) is 3.97. The van der Waals surface area contributed by atoms with Crippen LogP contribution in [0.3, 0.4) is 0 Å². The number of aromatic nitrogens is 3. The predicted molar refractivity (Wildman–Crippen MR) is 47.0 cm³/mol. The molecule has 0 aliphatic rings. The number of fused-ring (bicyclic) bond motifs is 1. The smallest absolute Gasteiger partial charge is 0.159 e. The van der Waals surface area contributed by atoms with Crippen LogP contribution in [-0.2, 0) is 0 Å². The number of nitrogens with two attached hydrogens (primary N) is 1. The summed E-state index contributed by atoms with van der Waals surface area (Å²) in [6, 6.07) is 1.38. The highest BCUT2D eigenvalue weighted by atomic mass is 16.3. The zero-order valence-corrected chi connectivity index (χ0v) is 6.96. The van der Waals surface area contributed by atoms with Gasteiger partial charge in [-0.2, -0.15) is 5.10 Å². The lowest BCUT2D eigenvalue weighted by atomic mass is 10.2. The van der Waals surface area contributed by atoms with Crippen molar-refractivity contribution in [2.75, 3.05) is 6.61 Å². The van der Waals surface area contributed by atoms with E-state index in [4.69, 9.17) is 10.8 Å². The minimum atomic E-state index is -0.410. The molecule has 2 heterocycles. The van der Waals surface area contributed by atoms with Crippen molar-refractivity contribution >= 4 is 5.65 Å². The van der Waals surface area contributed by atoms with Crippen molar-refractivity contribution in [2.45, 2.75) is 6.04 Å². The van der Waals surface area contributed by atoms with Crippen LogP contribution in [0.2, 0.25) is 0 Å². The van der Waals surface area contributed by atoms with Crippen molar-refractivity contribution in [3.8, 4) is 0 Å². The molecule has 0 saturated carbocycles. The second kappa shape index (κ2) is 3.12. The summed E-state index contributed by atoms with van der Waals surface area (Å²) in [5.74, 6) is 0. The zero-order valence-electron chi connectivity index (χ0n) is 6.96. The second-order valence-electron chi connectivity index (χ2n) is 2.78. The third-order valence-corrected chi connectivity index (χ3v) is 1.90. The lowest BCUT2D eigenvalue weighted by molar-refractivity contribution is 0.268. The van der Waals surface area contributed by atoms with Crippen LogP contribution in [0.1, 0.15) is 11.6 Å². The lowest BCUT2D eigenvalue weighted by Gasteiger charge is -2.03. The van der Waals surface area contributed by atoms with Crippen LogP contribution in [0.4, 0.5) is 0 Å². The topological polar surface area (TPSA) is 76.4 Å². The highest BCUT2D eigenvalue weighted by Crippen LogP contribution is 2.13. The van der Waals surface area contributed by atoms with Crippen LogP contribution >= 0.6 is 0 Å². The molecule has 0 bridgehead atoms. The Morgan fingerprint density at radius 3 is 3.23 bits per heavy atom. The molecule has 2 rings (SSSR count). The maximum Gasteiger partial charge on any atom is 0.159 e. The van der Waals surface area contributed by atoms with Crippen LogP contribution in [-0.4, -0.2) is 26.3 Å². The van der Waals surface area contributed by atoms with Gasteiger partial charge in [-0.15, -0.1) is 0 Å². The summed E-state index contributed by atoms with van der Waals surface area (Å²) in [6.07, 6.45) is 5.09. The summed E-state index contributed by atoms with van der Waals surface area (Å²) >= 11 is 0. The second-order valence-corrected chi connectivity index (χ2v) is 2.78. The fourth-order valence-corrected chi connectivity index (χ4v) is 1.21. The van der Waals surface area contributed by atoms with Gasteiger partial charge in [0, 0.05) is 18.0 Å². The Morgan fingerprint density at radius 2 is 2.46 bits per heavy atom. The standard InChI is InChI=1S/C8H10N4O/c9-7(5-13)6-4-11-12-3-1-2-10-8(6)12/h1-4,7,13H,5,9H2. The van der Waals surface area contributed by atoms with Gasteiger partial charge < -0.3 is 10.8 Å². The van der Waals surface area contributed by atoms with Crippen molar-refractivity contribution in [1.29, 1.82) is 0 Å². The molecule has 1 atom stereocenters. The first-order valence-corrected chi connectivity index (χ1v) is 3.97. The Hall–Kier alpha value is -1.46. The van der Waals surface area contributed by atoms with Crippen molar-refractivity contribution in [3.05, 3.63) is 30.2 Å². The fraction of sp³-hybridized carbons (Fsp3) is 0.250. The zero-order chi connectivity index (χ0) is 9.26. The molecule has 0 radical (unpaired) electrons. The summed E-state index contributed by atoms with van der Waals surface area (Å²) in [5.41, 5.74) is 7.13. The van der Waals surface area contributed by atoms with Gasteiger partial charge in [-0.05, 0) is 6.07 Å². The van der Waals surface area contributed by atoms with E-state index >= 15 is 0 Å². The van der Waals surface area contributed by atoms with E-state index in [0.717, 1.165) is 5.56 Å². The molecule has 2 aromatic rings. The van der Waals surface area contributed by atoms with Gasteiger partial charge in [-0.25, -0.2) is 9.50 Å². The van der Waals surface area contributed by atoms with Crippen molar-refractivity contribution in [1.82, 2.24) is 14.6 Å². The van der Waals surface area contributed by atoms with E-state index in [9.17, 15) is 0 Å². The van der Waals surface area contributed by atoms with Gasteiger partial charge in [0.1, 0.15) is 0 Å². The average Bonchev–Trinajstić information content (AvgIpc) is 2.60. The summed E-state index contributed by atoms with van der Waals surface area (Å²) in [6.45, 7) is -0.0993. The first-order chi connectivity index (χ1) is 6.33. The third kappa shape index (κ3) is 1.28. The Bertz CT molecular complexity index is 411. The average molecular weight is 178 g/mol. The Kier molecular flexibility index (Phi) is 1.96. The summed E-state index contributed by atoms with van der Waals surface area (Å²) in [7, 11) is 0. The molecule has 5 nitrogen and oxygen atoms in total. The van der Waals surface area contributed by atoms with E-state index in [1.54, 1.807) is 29.2 Å². The molecule has 0 aliphatic carbocycles. The largest absolute Gasteiger partial charge is 0.394 e. The van der Waals surface area contributed by atoms with Crippen molar-refractivity contribution in [3.63, 3.8) is 0 Å². The van der Waals surface area contributed by atoms with Crippen LogP contribution in [0.5, 0.6) is 0 Å². The highest BCUT2D eigenvalue weighted by molar-refractivity contribution is 5.47. The van der Waals surface area contributed by atoms with E-state index in [0.29, 0.717) is 5.65 Å². The molecule has 3 N–H and O–H groups in total. The van der Waals surface area contributed by atoms with E-state index < -0.39 is 6.04 Å². The van der Waals surface area contributed by atoms with Crippen LogP contribution in [0.15, 0.2) is 24.7 Å². The minimum absolute atomic E-state index is 0.0993. The van der Waals surface area contributed by atoms with Gasteiger partial charge >= 0.3 is 0 Å². The molecule has 5 heteroatoms. The number of hydrogen-bond donors (Lipinski definition) is 2. The number of rotatable bonds is 2. The van der Waals surface area contributed by atoms with Crippen LogP contribution < -0.4 is 5.73 Å². The molecular weight excluding hydrogens is 168 g/mol. The Morgan fingerprint density at radius 1 is 1.62 bits per heavy atom. The third-order valence-electron chi connectivity index (χ3n) is 1.90. The molecule has 0 aliphatic heterocycles. The predicted octanol–water partition coefficient (Wildman–Crippen LogP) is -0.279. The minimum Gasteiger partial charge on any atom is -0.394 e. The van der Waals surface area contributed by atoms with E-state index in [2.05, 4.69) is 10.1 Å². The molecule has 0 saturated heterocycles. The lowest BCUT2D eigenvalue weighted by Crippen LogP contribution is -2.14. The molecule has 0 spiro atoms. The quantitative estimate of drug-likeness (QED) is 0.663. The number of nitrogens with zero attached hydrogens (tertiary/aromatic N) is 3. The first kappa shape index (κ1) is 8.15. The van der Waals surface area contributed by atoms with Gasteiger partial charge in [-0.1, -0.05) is 0 Å². The van der Waals surface area contributed by atoms with Crippen molar-refractivity contribution < 1.29 is 5.11 Å². The van der Waals surface area contributed by atoms with Gasteiger partial charge in [0.05, 0.1) is 18.8 Å². The summed E-state index contributed by atoms with van der Waals surface area (Å²) < 4.78 is 1.63. The van der Waals surface area contributed by atoms with E-state index in [-0.39, 0.29) is 6.61 Å². The van der Waals surface area contributed by atoms with E-state index in [1.165, 1.54) is 0 Å². The molecule has 68 valence electrons. The Balaban J connectivity index is 2.57.